The van der Waals surface area contributed by atoms with Crippen molar-refractivity contribution in [2.45, 2.75) is 20.0 Å². The molecule has 0 saturated heterocycles. The number of ether oxygens (including phenoxy) is 1. The van der Waals surface area contributed by atoms with Crippen LogP contribution in [0.25, 0.3) is 10.9 Å². The third-order valence-corrected chi connectivity index (χ3v) is 4.16. The number of fused-ring (bicyclic) bond motifs is 2. The smallest absolute Gasteiger partial charge is 0.257 e. The van der Waals surface area contributed by atoms with Crippen LogP contribution >= 0.6 is 0 Å². The molecule has 1 N–H and O–H groups in total. The Labute approximate surface area is 139 Å². The van der Waals surface area contributed by atoms with Crippen LogP contribution in [0.4, 0.5) is 5.69 Å². The molecule has 2 aromatic heterocycles. The van der Waals surface area contributed by atoms with Crippen LogP contribution in [0.5, 0.6) is 0 Å². The molecule has 24 heavy (non-hydrogen) atoms. The fourth-order valence-electron chi connectivity index (χ4n) is 2.93. The lowest BCUT2D eigenvalue weighted by atomic mass is 10.1. The second kappa shape index (κ2) is 6.02. The first-order valence-electron chi connectivity index (χ1n) is 7.94. The van der Waals surface area contributed by atoms with Gasteiger partial charge < -0.3 is 10.1 Å². The van der Waals surface area contributed by atoms with Crippen molar-refractivity contribution in [2.75, 3.05) is 11.9 Å². The van der Waals surface area contributed by atoms with Gasteiger partial charge in [-0.25, -0.2) is 0 Å². The minimum Gasteiger partial charge on any atom is -0.376 e. The van der Waals surface area contributed by atoms with Crippen molar-refractivity contribution < 1.29 is 9.53 Å². The van der Waals surface area contributed by atoms with Gasteiger partial charge in [0.1, 0.15) is 0 Å². The number of aromatic nitrogens is 2. The third-order valence-electron chi connectivity index (χ3n) is 4.16. The molecule has 0 saturated carbocycles. The average Bonchev–Trinajstić information content (AvgIpc) is 2.61. The zero-order chi connectivity index (χ0) is 16.5. The number of para-hydroxylation sites is 1. The first-order valence-corrected chi connectivity index (χ1v) is 7.94. The molecule has 5 nitrogen and oxygen atoms in total. The highest BCUT2D eigenvalue weighted by Crippen LogP contribution is 2.21. The van der Waals surface area contributed by atoms with E-state index in [0.717, 1.165) is 28.8 Å². The van der Waals surface area contributed by atoms with E-state index in [4.69, 9.17) is 4.74 Å². The topological polar surface area (TPSA) is 64.1 Å². The summed E-state index contributed by atoms with van der Waals surface area (Å²) in [4.78, 5) is 21.6. The molecule has 0 unspecified atom stereocenters. The van der Waals surface area contributed by atoms with Crippen LogP contribution < -0.4 is 5.32 Å². The Morgan fingerprint density at radius 2 is 2.17 bits per heavy atom. The quantitative estimate of drug-likeness (QED) is 0.787. The number of nitrogens with zero attached hydrogens (tertiary/aromatic N) is 2. The molecule has 0 radical (unpaired) electrons. The van der Waals surface area contributed by atoms with E-state index in [1.807, 2.05) is 37.3 Å². The molecular weight excluding hydrogens is 302 g/mol. The Morgan fingerprint density at radius 3 is 3.08 bits per heavy atom. The maximum absolute atomic E-state index is 12.7. The van der Waals surface area contributed by atoms with E-state index in [1.54, 1.807) is 12.3 Å². The molecule has 1 aromatic carbocycles. The van der Waals surface area contributed by atoms with E-state index in [0.29, 0.717) is 30.0 Å². The fraction of sp³-hybridized carbons (Fsp3) is 0.211. The summed E-state index contributed by atoms with van der Waals surface area (Å²) in [6.45, 7) is 3.16. The Hall–Kier alpha value is -2.79. The van der Waals surface area contributed by atoms with Gasteiger partial charge >= 0.3 is 0 Å². The summed E-state index contributed by atoms with van der Waals surface area (Å²) in [6.07, 6.45) is 2.52. The van der Waals surface area contributed by atoms with Gasteiger partial charge in [-0.1, -0.05) is 18.2 Å². The van der Waals surface area contributed by atoms with Gasteiger partial charge in [0.25, 0.3) is 5.91 Å². The number of hydrogen-bond acceptors (Lipinski definition) is 4. The first-order chi connectivity index (χ1) is 11.7. The minimum atomic E-state index is -0.183. The number of anilines is 1. The molecule has 1 aliphatic heterocycles. The van der Waals surface area contributed by atoms with Crippen LogP contribution in [0.3, 0.4) is 0 Å². The molecular formula is C19H17N3O2. The molecule has 3 aromatic rings. The van der Waals surface area contributed by atoms with E-state index in [2.05, 4.69) is 15.3 Å². The van der Waals surface area contributed by atoms with E-state index in [9.17, 15) is 4.79 Å². The van der Waals surface area contributed by atoms with Crippen LogP contribution in [0, 0.1) is 6.92 Å². The number of rotatable bonds is 2. The predicted molar refractivity (Wildman–Crippen MR) is 92.0 cm³/mol. The molecule has 0 bridgehead atoms. The molecule has 4 rings (SSSR count). The predicted octanol–water partition coefficient (Wildman–Crippen LogP) is 3.26. The van der Waals surface area contributed by atoms with Gasteiger partial charge in [-0.3, -0.25) is 14.8 Å². The highest BCUT2D eigenvalue weighted by molar-refractivity contribution is 6.11. The number of aryl methyl sites for hydroxylation is 1. The summed E-state index contributed by atoms with van der Waals surface area (Å²) in [7, 11) is 0. The lowest BCUT2D eigenvalue weighted by Gasteiger charge is -2.16. The molecule has 0 fully saturated rings. The molecule has 0 spiro atoms. The highest BCUT2D eigenvalue weighted by atomic mass is 16.5. The lowest BCUT2D eigenvalue weighted by Crippen LogP contribution is -2.16. The number of amides is 1. The highest BCUT2D eigenvalue weighted by Gasteiger charge is 2.15. The van der Waals surface area contributed by atoms with E-state index in [1.165, 1.54) is 0 Å². The average molecular weight is 319 g/mol. The number of nitrogens with one attached hydrogen (secondary N) is 1. The maximum atomic E-state index is 12.7. The van der Waals surface area contributed by atoms with Crippen molar-refractivity contribution in [3.63, 3.8) is 0 Å². The van der Waals surface area contributed by atoms with Gasteiger partial charge in [0.15, 0.2) is 0 Å². The third kappa shape index (κ3) is 2.74. The fourth-order valence-corrected chi connectivity index (χ4v) is 2.93. The first kappa shape index (κ1) is 14.8. The Balaban J connectivity index is 1.66. The molecule has 5 heteroatoms. The number of benzene rings is 1. The van der Waals surface area contributed by atoms with Crippen molar-refractivity contribution in [2.24, 2.45) is 0 Å². The number of pyridine rings is 2. The Bertz CT molecular complexity index is 937. The van der Waals surface area contributed by atoms with Gasteiger partial charge in [0.05, 0.1) is 36.2 Å². The van der Waals surface area contributed by atoms with Crippen LogP contribution in [0.2, 0.25) is 0 Å². The van der Waals surface area contributed by atoms with Crippen LogP contribution in [-0.4, -0.2) is 22.5 Å². The van der Waals surface area contributed by atoms with Crippen molar-refractivity contribution in [3.05, 3.63) is 65.1 Å². The summed E-state index contributed by atoms with van der Waals surface area (Å²) < 4.78 is 5.45. The standard InChI is InChI=1S/C19H17N3O2/c1-12-5-6-13-3-2-4-16(18(13)21-12)19(23)22-15-9-14-11-24-8-7-17(14)20-10-15/h2-6,9-10H,7-8,11H2,1H3,(H,22,23). The summed E-state index contributed by atoms with van der Waals surface area (Å²) in [5.74, 6) is -0.183. The van der Waals surface area contributed by atoms with Gasteiger partial charge in [-0.05, 0) is 25.1 Å². The SMILES string of the molecule is Cc1ccc2cccc(C(=O)Nc3cnc4c(c3)COCC4)c2n1. The summed E-state index contributed by atoms with van der Waals surface area (Å²) in [5.41, 5.74) is 4.91. The van der Waals surface area contributed by atoms with Crippen molar-refractivity contribution in [1.29, 1.82) is 0 Å². The summed E-state index contributed by atoms with van der Waals surface area (Å²) in [5, 5.41) is 3.87. The van der Waals surface area contributed by atoms with E-state index < -0.39 is 0 Å². The molecule has 3 heterocycles. The summed E-state index contributed by atoms with van der Waals surface area (Å²) >= 11 is 0. The van der Waals surface area contributed by atoms with Crippen LogP contribution in [-0.2, 0) is 17.8 Å². The van der Waals surface area contributed by atoms with Crippen molar-refractivity contribution in [1.82, 2.24) is 9.97 Å². The number of hydrogen-bond donors (Lipinski definition) is 1. The second-order valence-electron chi connectivity index (χ2n) is 5.92. The monoisotopic (exact) mass is 319 g/mol. The van der Waals surface area contributed by atoms with Crippen LogP contribution in [0.15, 0.2) is 42.6 Å². The van der Waals surface area contributed by atoms with Gasteiger partial charge in [-0.15, -0.1) is 0 Å². The molecule has 0 atom stereocenters. The zero-order valence-electron chi connectivity index (χ0n) is 13.4. The van der Waals surface area contributed by atoms with Gasteiger partial charge in [0.2, 0.25) is 0 Å². The number of carbonyl (C=O) groups excluding carboxylic acids is 1. The van der Waals surface area contributed by atoms with Gasteiger partial charge in [-0.2, -0.15) is 0 Å². The Kier molecular flexibility index (Phi) is 3.70. The van der Waals surface area contributed by atoms with Gasteiger partial charge in [0, 0.05) is 28.8 Å². The van der Waals surface area contributed by atoms with E-state index in [-0.39, 0.29) is 5.91 Å². The largest absolute Gasteiger partial charge is 0.376 e. The molecule has 120 valence electrons. The zero-order valence-corrected chi connectivity index (χ0v) is 13.4. The lowest BCUT2D eigenvalue weighted by molar-refractivity contribution is 0.102. The maximum Gasteiger partial charge on any atom is 0.257 e. The van der Waals surface area contributed by atoms with E-state index >= 15 is 0 Å². The molecule has 1 aliphatic rings. The van der Waals surface area contributed by atoms with Crippen LogP contribution in [0.1, 0.15) is 27.3 Å². The normalized spacial score (nSPS) is 13.5. The van der Waals surface area contributed by atoms with Crippen molar-refractivity contribution in [3.8, 4) is 0 Å². The minimum absolute atomic E-state index is 0.183. The van der Waals surface area contributed by atoms with Crippen molar-refractivity contribution >= 4 is 22.5 Å². The summed E-state index contributed by atoms with van der Waals surface area (Å²) in [6, 6.07) is 11.5. The molecule has 1 amide bonds. The molecule has 0 aliphatic carbocycles. The Morgan fingerprint density at radius 1 is 1.25 bits per heavy atom. The number of carbonyl (C=O) groups is 1. The second-order valence-corrected chi connectivity index (χ2v) is 5.92.